The molecule has 1 heterocycles. The summed E-state index contributed by atoms with van der Waals surface area (Å²) in [5, 5.41) is 2.83. The first-order valence-electron chi connectivity index (χ1n) is 7.86. The summed E-state index contributed by atoms with van der Waals surface area (Å²) < 4.78 is 5.98. The maximum atomic E-state index is 12.7. The van der Waals surface area contributed by atoms with Gasteiger partial charge in [0.2, 0.25) is 5.91 Å². The highest BCUT2D eigenvalue weighted by Gasteiger charge is 2.57. The summed E-state index contributed by atoms with van der Waals surface area (Å²) in [4.78, 5) is 25.9. The zero-order valence-electron chi connectivity index (χ0n) is 13.4. The number of hydrogen-bond acceptors (Lipinski definition) is 3. The Balaban J connectivity index is 1.86. The molecule has 2 aliphatic rings. The Labute approximate surface area is 130 Å². The first-order chi connectivity index (χ1) is 10.5. The van der Waals surface area contributed by atoms with E-state index in [1.54, 1.807) is 4.90 Å². The first kappa shape index (κ1) is 14.9. The number of ether oxygens (including phenoxy) is 1. The topological polar surface area (TPSA) is 58.6 Å². The smallest absolute Gasteiger partial charge is 0.271 e. The summed E-state index contributed by atoms with van der Waals surface area (Å²) in [6, 6.07) is 4.01. The van der Waals surface area contributed by atoms with Crippen LogP contribution in [0.2, 0.25) is 0 Å². The van der Waals surface area contributed by atoms with Crippen molar-refractivity contribution in [1.82, 2.24) is 5.32 Å². The lowest BCUT2D eigenvalue weighted by Crippen LogP contribution is -2.50. The quantitative estimate of drug-likeness (QED) is 0.926. The minimum atomic E-state index is -0.649. The van der Waals surface area contributed by atoms with Crippen molar-refractivity contribution in [3.05, 3.63) is 23.3 Å². The SMILES string of the molecule is CCC(=O)NCCN1C(=O)C2(CC2)Oc2cc(C)c(C)cc21. The third-order valence-corrected chi connectivity index (χ3v) is 4.49. The van der Waals surface area contributed by atoms with Gasteiger partial charge in [0.15, 0.2) is 5.60 Å². The second kappa shape index (κ2) is 5.30. The number of aryl methyl sites for hydroxylation is 2. The predicted octanol–water partition coefficient (Wildman–Crippen LogP) is 2.09. The fraction of sp³-hybridized carbons (Fsp3) is 0.529. The highest BCUT2D eigenvalue weighted by molar-refractivity contribution is 6.04. The van der Waals surface area contributed by atoms with E-state index in [9.17, 15) is 9.59 Å². The molecule has 0 bridgehead atoms. The van der Waals surface area contributed by atoms with Crippen molar-refractivity contribution in [2.24, 2.45) is 0 Å². The van der Waals surface area contributed by atoms with Crippen molar-refractivity contribution in [2.75, 3.05) is 18.0 Å². The molecule has 0 aromatic heterocycles. The van der Waals surface area contributed by atoms with Gasteiger partial charge in [-0.2, -0.15) is 0 Å². The van der Waals surface area contributed by atoms with Gasteiger partial charge in [0.1, 0.15) is 5.75 Å². The van der Waals surface area contributed by atoms with Gasteiger partial charge in [-0.15, -0.1) is 0 Å². The Kier molecular flexibility index (Phi) is 3.59. The third kappa shape index (κ3) is 2.45. The van der Waals surface area contributed by atoms with Gasteiger partial charge in [0.25, 0.3) is 5.91 Å². The Morgan fingerprint density at radius 3 is 2.64 bits per heavy atom. The van der Waals surface area contributed by atoms with Crippen LogP contribution in [0.15, 0.2) is 12.1 Å². The maximum Gasteiger partial charge on any atom is 0.271 e. The second-order valence-electron chi connectivity index (χ2n) is 6.16. The summed E-state index contributed by atoms with van der Waals surface area (Å²) in [5.74, 6) is 0.804. The Hall–Kier alpha value is -2.04. The van der Waals surface area contributed by atoms with Crippen molar-refractivity contribution in [2.45, 2.75) is 45.6 Å². The summed E-state index contributed by atoms with van der Waals surface area (Å²) >= 11 is 0. The van der Waals surface area contributed by atoms with Crippen LogP contribution in [-0.4, -0.2) is 30.5 Å². The van der Waals surface area contributed by atoms with Crippen molar-refractivity contribution >= 4 is 17.5 Å². The van der Waals surface area contributed by atoms with Crippen LogP contribution in [0.1, 0.15) is 37.3 Å². The zero-order chi connectivity index (χ0) is 15.9. The molecule has 22 heavy (non-hydrogen) atoms. The lowest BCUT2D eigenvalue weighted by atomic mass is 10.1. The molecule has 0 atom stereocenters. The van der Waals surface area contributed by atoms with E-state index in [0.29, 0.717) is 19.5 Å². The molecule has 2 amide bonds. The van der Waals surface area contributed by atoms with Crippen LogP contribution < -0.4 is 15.0 Å². The minimum Gasteiger partial charge on any atom is -0.475 e. The van der Waals surface area contributed by atoms with E-state index in [4.69, 9.17) is 4.74 Å². The van der Waals surface area contributed by atoms with Crippen LogP contribution >= 0.6 is 0 Å². The molecule has 1 fully saturated rings. The molecule has 0 radical (unpaired) electrons. The van der Waals surface area contributed by atoms with Crippen LogP contribution in [0.4, 0.5) is 5.69 Å². The second-order valence-corrected chi connectivity index (χ2v) is 6.16. The molecule has 1 aromatic rings. The number of rotatable bonds is 4. The van der Waals surface area contributed by atoms with Gasteiger partial charge in [-0.05, 0) is 37.1 Å². The molecule has 1 saturated carbocycles. The Morgan fingerprint density at radius 2 is 2.00 bits per heavy atom. The van der Waals surface area contributed by atoms with Gasteiger partial charge in [-0.1, -0.05) is 6.92 Å². The summed E-state index contributed by atoms with van der Waals surface area (Å²) in [6.07, 6.45) is 2.00. The number of amides is 2. The van der Waals surface area contributed by atoms with Crippen molar-refractivity contribution < 1.29 is 14.3 Å². The monoisotopic (exact) mass is 302 g/mol. The van der Waals surface area contributed by atoms with Gasteiger partial charge < -0.3 is 15.0 Å². The molecule has 3 rings (SSSR count). The van der Waals surface area contributed by atoms with Crippen LogP contribution in [-0.2, 0) is 9.59 Å². The standard InChI is InChI=1S/C17H22N2O3/c1-4-15(20)18-7-8-19-13-9-11(2)12(3)10-14(13)22-17(5-6-17)16(19)21/h9-10H,4-8H2,1-3H3,(H,18,20). The van der Waals surface area contributed by atoms with E-state index in [-0.39, 0.29) is 11.8 Å². The average Bonchev–Trinajstić information content (AvgIpc) is 3.26. The summed E-state index contributed by atoms with van der Waals surface area (Å²) in [7, 11) is 0. The normalized spacial score (nSPS) is 18.0. The van der Waals surface area contributed by atoms with Crippen LogP contribution in [0, 0.1) is 13.8 Å². The molecule has 1 aromatic carbocycles. The highest BCUT2D eigenvalue weighted by Crippen LogP contribution is 2.49. The molecule has 1 aliphatic heterocycles. The van der Waals surface area contributed by atoms with Crippen LogP contribution in [0.5, 0.6) is 5.75 Å². The molecule has 0 saturated heterocycles. The molecular weight excluding hydrogens is 280 g/mol. The number of hydrogen-bond donors (Lipinski definition) is 1. The fourth-order valence-corrected chi connectivity index (χ4v) is 2.76. The zero-order valence-corrected chi connectivity index (χ0v) is 13.4. The fourth-order valence-electron chi connectivity index (χ4n) is 2.76. The predicted molar refractivity (Wildman–Crippen MR) is 84.2 cm³/mol. The van der Waals surface area contributed by atoms with E-state index >= 15 is 0 Å². The molecule has 1 aliphatic carbocycles. The van der Waals surface area contributed by atoms with Crippen molar-refractivity contribution in [3.63, 3.8) is 0 Å². The van der Waals surface area contributed by atoms with Gasteiger partial charge in [-0.25, -0.2) is 0 Å². The molecular formula is C17H22N2O3. The van der Waals surface area contributed by atoms with Gasteiger partial charge >= 0.3 is 0 Å². The van der Waals surface area contributed by atoms with Crippen LogP contribution in [0.3, 0.4) is 0 Å². The summed E-state index contributed by atoms with van der Waals surface area (Å²) in [6.45, 7) is 6.82. The van der Waals surface area contributed by atoms with Crippen LogP contribution in [0.25, 0.3) is 0 Å². The molecule has 5 nitrogen and oxygen atoms in total. The Bertz CT molecular complexity index is 635. The Morgan fingerprint density at radius 1 is 1.32 bits per heavy atom. The number of carbonyl (C=O) groups excluding carboxylic acids is 2. The van der Waals surface area contributed by atoms with Crippen molar-refractivity contribution in [3.8, 4) is 5.75 Å². The third-order valence-electron chi connectivity index (χ3n) is 4.49. The maximum absolute atomic E-state index is 12.7. The average molecular weight is 302 g/mol. The lowest BCUT2D eigenvalue weighted by molar-refractivity contribution is -0.128. The van der Waals surface area contributed by atoms with E-state index in [0.717, 1.165) is 35.4 Å². The largest absolute Gasteiger partial charge is 0.475 e. The highest BCUT2D eigenvalue weighted by atomic mass is 16.5. The number of nitrogens with zero attached hydrogens (tertiary/aromatic N) is 1. The molecule has 118 valence electrons. The van der Waals surface area contributed by atoms with Gasteiger partial charge in [0.05, 0.1) is 5.69 Å². The van der Waals surface area contributed by atoms with E-state index < -0.39 is 5.60 Å². The number of carbonyl (C=O) groups is 2. The van der Waals surface area contributed by atoms with Crippen molar-refractivity contribution in [1.29, 1.82) is 0 Å². The van der Waals surface area contributed by atoms with E-state index in [2.05, 4.69) is 5.32 Å². The molecule has 1 spiro atoms. The number of fused-ring (bicyclic) bond motifs is 1. The number of nitrogens with one attached hydrogen (secondary N) is 1. The first-order valence-corrected chi connectivity index (χ1v) is 7.86. The molecule has 1 N–H and O–H groups in total. The van der Waals surface area contributed by atoms with E-state index in [1.165, 1.54) is 0 Å². The number of anilines is 1. The minimum absolute atomic E-state index is 0.00199. The van der Waals surface area contributed by atoms with Gasteiger partial charge in [-0.3, -0.25) is 9.59 Å². The number of benzene rings is 1. The molecule has 0 unspecified atom stereocenters. The lowest BCUT2D eigenvalue weighted by Gasteiger charge is -2.35. The summed E-state index contributed by atoms with van der Waals surface area (Å²) in [5.41, 5.74) is 2.45. The van der Waals surface area contributed by atoms with E-state index in [1.807, 2.05) is 32.9 Å². The molecule has 5 heteroatoms. The van der Waals surface area contributed by atoms with Gasteiger partial charge in [0, 0.05) is 32.4 Å².